The van der Waals surface area contributed by atoms with Gasteiger partial charge in [-0.2, -0.15) is 0 Å². The SMILES string of the molecule is CC/C=C\Cn1nnc2c(N)ncnc21. The van der Waals surface area contributed by atoms with Crippen LogP contribution in [0.4, 0.5) is 5.82 Å². The van der Waals surface area contributed by atoms with Crippen molar-refractivity contribution in [3.05, 3.63) is 18.5 Å². The van der Waals surface area contributed by atoms with E-state index in [0.29, 0.717) is 23.5 Å². The van der Waals surface area contributed by atoms with Crippen LogP contribution in [0.1, 0.15) is 13.3 Å². The second-order valence-corrected chi connectivity index (χ2v) is 3.08. The molecule has 0 unspecified atom stereocenters. The van der Waals surface area contributed by atoms with E-state index < -0.39 is 0 Å². The molecule has 2 aromatic rings. The summed E-state index contributed by atoms with van der Waals surface area (Å²) in [6.07, 6.45) is 6.51. The Balaban J connectivity index is 2.37. The van der Waals surface area contributed by atoms with E-state index in [-0.39, 0.29) is 0 Å². The third-order valence-electron chi connectivity index (χ3n) is 2.01. The highest BCUT2D eigenvalue weighted by atomic mass is 15.4. The highest BCUT2D eigenvalue weighted by molar-refractivity contribution is 5.80. The molecule has 2 aromatic heterocycles. The number of hydrogen-bond acceptors (Lipinski definition) is 5. The highest BCUT2D eigenvalue weighted by Crippen LogP contribution is 2.11. The lowest BCUT2D eigenvalue weighted by atomic mass is 10.4. The lowest BCUT2D eigenvalue weighted by Gasteiger charge is -1.95. The van der Waals surface area contributed by atoms with Gasteiger partial charge in [0.2, 0.25) is 0 Å². The first-order valence-electron chi connectivity index (χ1n) is 4.77. The van der Waals surface area contributed by atoms with Gasteiger partial charge in [-0.05, 0) is 6.42 Å². The largest absolute Gasteiger partial charge is 0.382 e. The fourth-order valence-electron chi connectivity index (χ4n) is 1.27. The van der Waals surface area contributed by atoms with Crippen molar-refractivity contribution in [1.82, 2.24) is 25.0 Å². The number of allylic oxidation sites excluding steroid dienone is 2. The topological polar surface area (TPSA) is 82.5 Å². The number of nitrogens with two attached hydrogens (primary N) is 1. The third kappa shape index (κ3) is 1.78. The Morgan fingerprint density at radius 3 is 3.07 bits per heavy atom. The number of rotatable bonds is 3. The molecule has 78 valence electrons. The van der Waals surface area contributed by atoms with Gasteiger partial charge in [-0.15, -0.1) is 5.10 Å². The zero-order chi connectivity index (χ0) is 10.7. The zero-order valence-corrected chi connectivity index (χ0v) is 8.46. The van der Waals surface area contributed by atoms with Gasteiger partial charge in [-0.25, -0.2) is 14.6 Å². The molecule has 0 saturated heterocycles. The molecule has 0 aromatic carbocycles. The highest BCUT2D eigenvalue weighted by Gasteiger charge is 2.07. The number of hydrogen-bond donors (Lipinski definition) is 1. The van der Waals surface area contributed by atoms with E-state index in [4.69, 9.17) is 5.73 Å². The van der Waals surface area contributed by atoms with E-state index in [1.807, 2.05) is 6.08 Å². The van der Waals surface area contributed by atoms with Gasteiger partial charge >= 0.3 is 0 Å². The third-order valence-corrected chi connectivity index (χ3v) is 2.01. The maximum atomic E-state index is 5.64. The van der Waals surface area contributed by atoms with Crippen LogP contribution in [0.3, 0.4) is 0 Å². The molecule has 0 aliphatic rings. The first-order valence-corrected chi connectivity index (χ1v) is 4.77. The molecule has 0 aliphatic heterocycles. The number of nitrogen functional groups attached to an aromatic ring is 1. The van der Waals surface area contributed by atoms with Gasteiger partial charge in [0.25, 0.3) is 0 Å². The summed E-state index contributed by atoms with van der Waals surface area (Å²) in [5.74, 6) is 0.366. The van der Waals surface area contributed by atoms with Crippen molar-refractivity contribution >= 4 is 17.0 Å². The summed E-state index contributed by atoms with van der Waals surface area (Å²) in [7, 11) is 0. The van der Waals surface area contributed by atoms with Crippen molar-refractivity contribution in [2.75, 3.05) is 5.73 Å². The van der Waals surface area contributed by atoms with Crippen LogP contribution in [0, 0.1) is 0 Å². The summed E-state index contributed by atoms with van der Waals surface area (Å²) in [5.41, 5.74) is 6.87. The van der Waals surface area contributed by atoms with E-state index in [0.717, 1.165) is 6.42 Å². The van der Waals surface area contributed by atoms with E-state index in [2.05, 4.69) is 33.3 Å². The van der Waals surface area contributed by atoms with Gasteiger partial charge in [-0.3, -0.25) is 0 Å². The summed E-state index contributed by atoms with van der Waals surface area (Å²) < 4.78 is 1.69. The van der Waals surface area contributed by atoms with Crippen LogP contribution in [0.15, 0.2) is 18.5 Å². The minimum absolute atomic E-state index is 0.366. The molecular formula is C9H12N6. The second kappa shape index (κ2) is 4.04. The molecule has 2 N–H and O–H groups in total. The Bertz CT molecular complexity index is 486. The smallest absolute Gasteiger partial charge is 0.184 e. The monoisotopic (exact) mass is 204 g/mol. The molecule has 15 heavy (non-hydrogen) atoms. The molecule has 0 amide bonds. The van der Waals surface area contributed by atoms with Crippen LogP contribution >= 0.6 is 0 Å². The fourth-order valence-corrected chi connectivity index (χ4v) is 1.27. The molecule has 0 radical (unpaired) electrons. The van der Waals surface area contributed by atoms with Crippen LogP contribution in [-0.2, 0) is 6.54 Å². The van der Waals surface area contributed by atoms with Crippen molar-refractivity contribution in [2.45, 2.75) is 19.9 Å². The standard InChI is InChI=1S/C9H12N6/c1-2-3-4-5-15-9-7(13-14-15)8(10)11-6-12-9/h3-4,6H,2,5H2,1H3,(H2,10,11,12)/b4-3-. The van der Waals surface area contributed by atoms with Crippen molar-refractivity contribution in [3.8, 4) is 0 Å². The van der Waals surface area contributed by atoms with Crippen LogP contribution in [0.2, 0.25) is 0 Å². The van der Waals surface area contributed by atoms with E-state index >= 15 is 0 Å². The minimum atomic E-state index is 0.366. The number of nitrogens with zero attached hydrogens (tertiary/aromatic N) is 5. The van der Waals surface area contributed by atoms with Crippen molar-refractivity contribution < 1.29 is 0 Å². The molecule has 0 atom stereocenters. The van der Waals surface area contributed by atoms with Crippen molar-refractivity contribution in [2.24, 2.45) is 0 Å². The Morgan fingerprint density at radius 1 is 1.40 bits per heavy atom. The molecule has 0 bridgehead atoms. The summed E-state index contributed by atoms with van der Waals surface area (Å²) >= 11 is 0. The molecular weight excluding hydrogens is 192 g/mol. The van der Waals surface area contributed by atoms with Gasteiger partial charge < -0.3 is 5.73 Å². The maximum Gasteiger partial charge on any atom is 0.184 e. The molecule has 0 saturated carbocycles. The molecule has 0 fully saturated rings. The predicted molar refractivity (Wildman–Crippen MR) is 57.0 cm³/mol. The summed E-state index contributed by atoms with van der Waals surface area (Å²) in [6, 6.07) is 0. The predicted octanol–water partition coefficient (Wildman–Crippen LogP) is 0.770. The number of anilines is 1. The van der Waals surface area contributed by atoms with Crippen molar-refractivity contribution in [3.63, 3.8) is 0 Å². The Hall–Kier alpha value is -1.98. The Labute approximate surface area is 86.8 Å². The van der Waals surface area contributed by atoms with Crippen LogP contribution in [0.5, 0.6) is 0 Å². The van der Waals surface area contributed by atoms with E-state index in [1.54, 1.807) is 4.68 Å². The molecule has 6 nitrogen and oxygen atoms in total. The Morgan fingerprint density at radius 2 is 2.27 bits per heavy atom. The zero-order valence-electron chi connectivity index (χ0n) is 8.46. The van der Waals surface area contributed by atoms with Crippen LogP contribution in [-0.4, -0.2) is 25.0 Å². The van der Waals surface area contributed by atoms with Gasteiger partial charge in [0.1, 0.15) is 6.33 Å². The van der Waals surface area contributed by atoms with Crippen LogP contribution in [0.25, 0.3) is 11.2 Å². The molecule has 2 heterocycles. The lowest BCUT2D eigenvalue weighted by Crippen LogP contribution is -1.99. The van der Waals surface area contributed by atoms with Crippen molar-refractivity contribution in [1.29, 1.82) is 0 Å². The van der Waals surface area contributed by atoms with E-state index in [1.165, 1.54) is 6.33 Å². The average Bonchev–Trinajstić information content (AvgIpc) is 2.64. The van der Waals surface area contributed by atoms with E-state index in [9.17, 15) is 0 Å². The second-order valence-electron chi connectivity index (χ2n) is 3.08. The maximum absolute atomic E-state index is 5.64. The van der Waals surface area contributed by atoms with Gasteiger partial charge in [0.15, 0.2) is 17.0 Å². The summed E-state index contributed by atoms with van der Waals surface area (Å²) in [6.45, 7) is 2.73. The normalized spacial score (nSPS) is 11.5. The molecule has 2 rings (SSSR count). The number of aromatic nitrogens is 5. The molecule has 6 heteroatoms. The molecule has 0 spiro atoms. The van der Waals surface area contributed by atoms with Gasteiger partial charge in [0, 0.05) is 0 Å². The van der Waals surface area contributed by atoms with Gasteiger partial charge in [0.05, 0.1) is 6.54 Å². The Kier molecular flexibility index (Phi) is 2.57. The lowest BCUT2D eigenvalue weighted by molar-refractivity contribution is 0.675. The minimum Gasteiger partial charge on any atom is -0.382 e. The molecule has 0 aliphatic carbocycles. The average molecular weight is 204 g/mol. The van der Waals surface area contributed by atoms with Crippen LogP contribution < -0.4 is 5.73 Å². The summed E-state index contributed by atoms with van der Waals surface area (Å²) in [5, 5.41) is 7.89. The first-order chi connectivity index (χ1) is 7.33. The van der Waals surface area contributed by atoms with Gasteiger partial charge in [-0.1, -0.05) is 24.3 Å². The quantitative estimate of drug-likeness (QED) is 0.746. The fraction of sp³-hybridized carbons (Fsp3) is 0.333. The first kappa shape index (κ1) is 9.57. The summed E-state index contributed by atoms with van der Waals surface area (Å²) in [4.78, 5) is 7.94. The number of fused-ring (bicyclic) bond motifs is 1.